The molecule has 0 spiro atoms. The smallest absolute Gasteiger partial charge is 0.336 e. The molecule has 0 bridgehead atoms. The average Bonchev–Trinajstić information content (AvgIpc) is 3.05. The normalized spacial score (nSPS) is 13.4. The predicted molar refractivity (Wildman–Crippen MR) is 98.2 cm³/mol. The van der Waals surface area contributed by atoms with Crippen molar-refractivity contribution in [3.63, 3.8) is 0 Å². The first-order valence-electron chi connectivity index (χ1n) is 8.11. The molecule has 0 saturated heterocycles. The highest BCUT2D eigenvalue weighted by Gasteiger charge is 2.39. The molecule has 5 nitrogen and oxygen atoms in total. The number of aromatic nitrogens is 2. The number of hydrogen-bond donors (Lipinski definition) is 1. The van der Waals surface area contributed by atoms with Gasteiger partial charge in [-0.3, -0.25) is 0 Å². The highest BCUT2D eigenvalue weighted by molar-refractivity contribution is 7.89. The van der Waals surface area contributed by atoms with Crippen LogP contribution in [0, 0.1) is 5.82 Å². The van der Waals surface area contributed by atoms with Crippen molar-refractivity contribution in [3.05, 3.63) is 82.6 Å². The third-order valence-electron chi connectivity index (χ3n) is 4.14. The third-order valence-corrected chi connectivity index (χ3v) is 5.86. The second-order valence-corrected chi connectivity index (χ2v) is 8.23. The van der Waals surface area contributed by atoms with Crippen molar-refractivity contribution in [2.24, 2.45) is 7.05 Å². The van der Waals surface area contributed by atoms with Gasteiger partial charge >= 0.3 is 6.18 Å². The average molecular weight is 448 g/mol. The number of nitrogens with one attached hydrogen (secondary N) is 1. The Balaban J connectivity index is 2.14. The molecule has 29 heavy (non-hydrogen) atoms. The molecule has 1 aromatic heterocycles. The summed E-state index contributed by atoms with van der Waals surface area (Å²) in [5.41, 5.74) is -1.52. The lowest BCUT2D eigenvalue weighted by molar-refractivity contribution is -0.139. The van der Waals surface area contributed by atoms with Gasteiger partial charge in [0.1, 0.15) is 17.7 Å². The van der Waals surface area contributed by atoms with E-state index in [4.69, 9.17) is 11.6 Å². The molecule has 0 aliphatic heterocycles. The van der Waals surface area contributed by atoms with Gasteiger partial charge in [-0.1, -0.05) is 29.8 Å². The van der Waals surface area contributed by atoms with Crippen molar-refractivity contribution in [2.75, 3.05) is 0 Å². The minimum absolute atomic E-state index is 0.0899. The van der Waals surface area contributed by atoms with Gasteiger partial charge < -0.3 is 4.57 Å². The standard InChI is InChI=1S/C18H14ClF4N3O2S/c1-26-9-8-24-17(26)16(12-4-2-3-5-14(12)20)25-29(27,28)15-7-6-11(19)10-13(15)18(21,22)23/h2-10,16,25H,1H3. The van der Waals surface area contributed by atoms with Gasteiger partial charge in [-0.2, -0.15) is 17.9 Å². The fourth-order valence-electron chi connectivity index (χ4n) is 2.80. The number of aryl methyl sites for hydroxylation is 1. The second-order valence-electron chi connectivity index (χ2n) is 6.11. The number of halogens is 5. The lowest BCUT2D eigenvalue weighted by atomic mass is 10.1. The summed E-state index contributed by atoms with van der Waals surface area (Å²) in [6, 6.07) is 6.27. The zero-order valence-corrected chi connectivity index (χ0v) is 16.4. The SMILES string of the molecule is Cn1ccnc1C(NS(=O)(=O)c1ccc(Cl)cc1C(F)(F)F)c1ccccc1F. The molecule has 3 aromatic rings. The third kappa shape index (κ3) is 4.44. The van der Waals surface area contributed by atoms with Crippen LogP contribution in [0.4, 0.5) is 17.6 Å². The van der Waals surface area contributed by atoms with E-state index in [9.17, 15) is 26.0 Å². The number of hydrogen-bond acceptors (Lipinski definition) is 3. The van der Waals surface area contributed by atoms with Gasteiger partial charge in [0.25, 0.3) is 0 Å². The molecule has 0 saturated carbocycles. The van der Waals surface area contributed by atoms with Gasteiger partial charge in [0, 0.05) is 30.0 Å². The van der Waals surface area contributed by atoms with Crippen molar-refractivity contribution in [3.8, 4) is 0 Å². The van der Waals surface area contributed by atoms with E-state index in [1.807, 2.05) is 0 Å². The van der Waals surface area contributed by atoms with E-state index >= 15 is 0 Å². The topological polar surface area (TPSA) is 64.0 Å². The molecular formula is C18H14ClF4N3O2S. The number of sulfonamides is 1. The van der Waals surface area contributed by atoms with Gasteiger partial charge in [0.15, 0.2) is 0 Å². The highest BCUT2D eigenvalue weighted by atomic mass is 35.5. The maximum Gasteiger partial charge on any atom is 0.417 e. The van der Waals surface area contributed by atoms with Crippen LogP contribution in [0.5, 0.6) is 0 Å². The van der Waals surface area contributed by atoms with E-state index in [1.165, 1.54) is 35.2 Å². The van der Waals surface area contributed by atoms with Crippen LogP contribution in [-0.2, 0) is 23.2 Å². The van der Waals surface area contributed by atoms with E-state index in [2.05, 4.69) is 9.71 Å². The molecule has 2 aromatic carbocycles. The molecule has 1 N–H and O–H groups in total. The van der Waals surface area contributed by atoms with Gasteiger partial charge in [0.2, 0.25) is 10.0 Å². The van der Waals surface area contributed by atoms with Crippen LogP contribution >= 0.6 is 11.6 Å². The van der Waals surface area contributed by atoms with Crippen molar-refractivity contribution in [1.29, 1.82) is 0 Å². The van der Waals surface area contributed by atoms with Crippen LogP contribution in [0.3, 0.4) is 0 Å². The largest absolute Gasteiger partial charge is 0.417 e. The van der Waals surface area contributed by atoms with Crippen molar-refractivity contribution in [2.45, 2.75) is 17.1 Å². The molecule has 0 aliphatic carbocycles. The fourth-order valence-corrected chi connectivity index (χ4v) is 4.35. The molecule has 1 atom stereocenters. The predicted octanol–water partition coefficient (Wildman–Crippen LogP) is 4.30. The van der Waals surface area contributed by atoms with E-state index in [1.54, 1.807) is 7.05 Å². The zero-order chi connectivity index (χ0) is 21.4. The fraction of sp³-hybridized carbons (Fsp3) is 0.167. The first kappa shape index (κ1) is 21.3. The number of alkyl halides is 3. The molecule has 154 valence electrons. The summed E-state index contributed by atoms with van der Waals surface area (Å²) >= 11 is 5.62. The van der Waals surface area contributed by atoms with Gasteiger partial charge in [-0.15, -0.1) is 0 Å². The van der Waals surface area contributed by atoms with Gasteiger partial charge in [0.05, 0.1) is 10.5 Å². The van der Waals surface area contributed by atoms with E-state index < -0.39 is 38.5 Å². The summed E-state index contributed by atoms with van der Waals surface area (Å²) in [6.45, 7) is 0. The summed E-state index contributed by atoms with van der Waals surface area (Å²) in [5, 5.41) is -0.272. The Labute approximate surface area is 169 Å². The summed E-state index contributed by atoms with van der Waals surface area (Å²) in [7, 11) is -3.20. The molecule has 3 rings (SSSR count). The second kappa shape index (κ2) is 7.77. The minimum atomic E-state index is -4.97. The molecule has 11 heteroatoms. The number of benzene rings is 2. The molecule has 0 aliphatic rings. The number of rotatable bonds is 5. The molecule has 0 fully saturated rings. The van der Waals surface area contributed by atoms with Crippen LogP contribution in [0.25, 0.3) is 0 Å². The molecule has 1 heterocycles. The lowest BCUT2D eigenvalue weighted by Gasteiger charge is -2.21. The van der Waals surface area contributed by atoms with E-state index in [-0.39, 0.29) is 16.4 Å². The maximum atomic E-state index is 14.4. The van der Waals surface area contributed by atoms with Crippen molar-refractivity contribution in [1.82, 2.24) is 14.3 Å². The molecule has 1 unspecified atom stereocenters. The first-order chi connectivity index (χ1) is 13.5. The summed E-state index contributed by atoms with van der Waals surface area (Å²) in [6.07, 6.45) is -2.10. The maximum absolute atomic E-state index is 14.4. The molecule has 0 radical (unpaired) electrons. The van der Waals surface area contributed by atoms with Crippen LogP contribution in [0.2, 0.25) is 5.02 Å². The zero-order valence-electron chi connectivity index (χ0n) is 14.8. The molecular weight excluding hydrogens is 434 g/mol. The van der Waals surface area contributed by atoms with Crippen LogP contribution < -0.4 is 4.72 Å². The summed E-state index contributed by atoms with van der Waals surface area (Å²) < 4.78 is 84.0. The van der Waals surface area contributed by atoms with E-state index in [0.717, 1.165) is 18.2 Å². The molecule has 0 amide bonds. The summed E-state index contributed by atoms with van der Waals surface area (Å²) in [5.74, 6) is -0.642. The Bertz CT molecular complexity index is 1150. The first-order valence-corrected chi connectivity index (χ1v) is 9.97. The van der Waals surface area contributed by atoms with Crippen molar-refractivity contribution < 1.29 is 26.0 Å². The van der Waals surface area contributed by atoms with Crippen LogP contribution in [-0.4, -0.2) is 18.0 Å². The Kier molecular flexibility index (Phi) is 5.70. The van der Waals surface area contributed by atoms with Crippen molar-refractivity contribution >= 4 is 21.6 Å². The lowest BCUT2D eigenvalue weighted by Crippen LogP contribution is -2.33. The Morgan fingerprint density at radius 3 is 2.45 bits per heavy atom. The van der Waals surface area contributed by atoms with Gasteiger partial charge in [-0.25, -0.2) is 17.8 Å². The highest BCUT2D eigenvalue weighted by Crippen LogP contribution is 2.36. The number of nitrogens with zero attached hydrogens (tertiary/aromatic N) is 2. The minimum Gasteiger partial charge on any atom is -0.336 e. The monoisotopic (exact) mass is 447 g/mol. The van der Waals surface area contributed by atoms with Gasteiger partial charge in [-0.05, 0) is 24.3 Å². The van der Waals surface area contributed by atoms with Crippen LogP contribution in [0.15, 0.2) is 59.8 Å². The van der Waals surface area contributed by atoms with Crippen LogP contribution in [0.1, 0.15) is 23.0 Å². The summed E-state index contributed by atoms with van der Waals surface area (Å²) in [4.78, 5) is 3.00. The Morgan fingerprint density at radius 2 is 1.86 bits per heavy atom. The quantitative estimate of drug-likeness (QED) is 0.593. The number of imidazole rings is 1. The Hall–Kier alpha value is -2.43. The van der Waals surface area contributed by atoms with E-state index in [0.29, 0.717) is 6.07 Å². The Morgan fingerprint density at radius 1 is 1.17 bits per heavy atom.